The molecule has 0 aliphatic heterocycles. The summed E-state index contributed by atoms with van der Waals surface area (Å²) in [6.07, 6.45) is 2.96. The Balaban J connectivity index is -0.000000155. The first-order chi connectivity index (χ1) is 6.95. The van der Waals surface area contributed by atoms with Gasteiger partial charge in [0.1, 0.15) is 0 Å². The molecule has 0 amide bonds. The molecule has 4 heteroatoms. The minimum Gasteiger partial charge on any atom is -0.396 e. The Labute approximate surface area is 92.9 Å². The van der Waals surface area contributed by atoms with Crippen molar-refractivity contribution in [1.82, 2.24) is 0 Å². The zero-order valence-electron chi connectivity index (χ0n) is 10.1. The third-order valence-corrected chi connectivity index (χ3v) is 1.24. The van der Waals surface area contributed by atoms with Crippen molar-refractivity contribution in [1.29, 1.82) is 0 Å². The molecular weight excluding hydrogens is 196 g/mol. The second-order valence-corrected chi connectivity index (χ2v) is 3.62. The van der Waals surface area contributed by atoms with Crippen LogP contribution in [0.15, 0.2) is 12.7 Å². The normalized spacial score (nSPS) is 9.27. The van der Waals surface area contributed by atoms with E-state index < -0.39 is 0 Å². The van der Waals surface area contributed by atoms with E-state index in [1.807, 2.05) is 6.08 Å². The minimum absolute atomic E-state index is 0.0451. The molecule has 0 bridgehead atoms. The molecule has 4 nitrogen and oxygen atoms in total. The summed E-state index contributed by atoms with van der Waals surface area (Å²) in [7, 11) is 0. The van der Waals surface area contributed by atoms with Crippen molar-refractivity contribution in [3.05, 3.63) is 12.7 Å². The maximum Gasteiger partial charge on any atom is 0.0662 e. The van der Waals surface area contributed by atoms with E-state index in [2.05, 4.69) is 13.5 Å². The summed E-state index contributed by atoms with van der Waals surface area (Å²) in [5.74, 6) is 0. The molecule has 0 rings (SSSR count). The predicted molar refractivity (Wildman–Crippen MR) is 62.6 cm³/mol. The number of aliphatic hydroxyl groups is 4. The Morgan fingerprint density at radius 1 is 1.00 bits per heavy atom. The van der Waals surface area contributed by atoms with Crippen molar-refractivity contribution >= 4 is 0 Å². The lowest BCUT2D eigenvalue weighted by atomic mass is 9.97. The molecule has 0 unspecified atom stereocenters. The van der Waals surface area contributed by atoms with Crippen LogP contribution in [0.3, 0.4) is 0 Å². The highest BCUT2D eigenvalue weighted by molar-refractivity contribution is 4.63. The van der Waals surface area contributed by atoms with Gasteiger partial charge in [-0.25, -0.2) is 0 Å². The lowest BCUT2D eigenvalue weighted by molar-refractivity contribution is 0.0857. The topological polar surface area (TPSA) is 80.9 Å². The van der Waals surface area contributed by atoms with Gasteiger partial charge >= 0.3 is 0 Å². The first kappa shape index (κ1) is 20.1. The fraction of sp³-hybridized carbons (Fsp3) is 0.818. The number of hydrogen-bond acceptors (Lipinski definition) is 4. The standard InChI is InChI=1S/C5H12O2.C4H8.C2H6O2/c1-5(2,3-6)4-7;1-3-4-2;3-1-2-4/h6-7H,3-4H2,1-2H3;3H,1,4H2,2H3;3-4H,1-2H2. The van der Waals surface area contributed by atoms with E-state index in [1.165, 1.54) is 0 Å². The molecule has 0 aliphatic carbocycles. The third-order valence-electron chi connectivity index (χ3n) is 1.24. The van der Waals surface area contributed by atoms with E-state index in [0.717, 1.165) is 6.42 Å². The Bertz CT molecular complexity index is 105. The van der Waals surface area contributed by atoms with E-state index in [1.54, 1.807) is 13.8 Å². The second-order valence-electron chi connectivity index (χ2n) is 3.62. The first-order valence-electron chi connectivity index (χ1n) is 5.00. The van der Waals surface area contributed by atoms with Crippen molar-refractivity contribution in [2.24, 2.45) is 5.41 Å². The van der Waals surface area contributed by atoms with Gasteiger partial charge in [0, 0.05) is 5.41 Å². The zero-order valence-corrected chi connectivity index (χ0v) is 10.1. The Hall–Kier alpha value is -0.420. The van der Waals surface area contributed by atoms with E-state index in [4.69, 9.17) is 20.4 Å². The van der Waals surface area contributed by atoms with E-state index in [9.17, 15) is 0 Å². The van der Waals surface area contributed by atoms with Crippen molar-refractivity contribution in [3.63, 3.8) is 0 Å². The number of hydrogen-bond donors (Lipinski definition) is 4. The van der Waals surface area contributed by atoms with Gasteiger partial charge in [-0.05, 0) is 6.42 Å². The molecule has 0 saturated heterocycles. The highest BCUT2D eigenvalue weighted by atomic mass is 16.3. The van der Waals surface area contributed by atoms with Crippen LogP contribution in [0.1, 0.15) is 27.2 Å². The highest BCUT2D eigenvalue weighted by Gasteiger charge is 2.13. The van der Waals surface area contributed by atoms with Crippen LogP contribution in [0.25, 0.3) is 0 Å². The van der Waals surface area contributed by atoms with Crippen molar-refractivity contribution < 1.29 is 20.4 Å². The molecular formula is C11H26O4. The zero-order chi connectivity index (χ0) is 12.7. The van der Waals surface area contributed by atoms with Gasteiger partial charge in [0.25, 0.3) is 0 Å². The molecule has 0 aromatic rings. The van der Waals surface area contributed by atoms with Crippen molar-refractivity contribution in [2.75, 3.05) is 26.4 Å². The Kier molecular flexibility index (Phi) is 21.4. The fourth-order valence-corrected chi connectivity index (χ4v) is 0.0500. The fourth-order valence-electron chi connectivity index (χ4n) is 0.0500. The summed E-state index contributed by atoms with van der Waals surface area (Å²) in [6.45, 7) is 8.98. The van der Waals surface area contributed by atoms with Crippen LogP contribution in [-0.4, -0.2) is 46.9 Å². The van der Waals surface area contributed by atoms with Gasteiger partial charge in [0.05, 0.1) is 26.4 Å². The van der Waals surface area contributed by atoms with Crippen LogP contribution in [0.2, 0.25) is 0 Å². The van der Waals surface area contributed by atoms with Crippen molar-refractivity contribution in [2.45, 2.75) is 27.2 Å². The van der Waals surface area contributed by atoms with Gasteiger partial charge in [-0.15, -0.1) is 6.58 Å². The summed E-state index contributed by atoms with van der Waals surface area (Å²) >= 11 is 0. The number of rotatable bonds is 4. The molecule has 0 aromatic heterocycles. The molecule has 0 fully saturated rings. The Morgan fingerprint density at radius 2 is 1.27 bits per heavy atom. The highest BCUT2D eigenvalue weighted by Crippen LogP contribution is 2.10. The maximum atomic E-state index is 8.43. The van der Waals surface area contributed by atoms with Crippen LogP contribution in [0.4, 0.5) is 0 Å². The molecule has 0 spiro atoms. The summed E-state index contributed by atoms with van der Waals surface area (Å²) in [6, 6.07) is 0. The van der Waals surface area contributed by atoms with Crippen molar-refractivity contribution in [3.8, 4) is 0 Å². The smallest absolute Gasteiger partial charge is 0.0662 e. The largest absolute Gasteiger partial charge is 0.396 e. The lowest BCUT2D eigenvalue weighted by Gasteiger charge is -2.16. The predicted octanol–water partition coefficient (Wildman–Crippen LogP) is 0.551. The van der Waals surface area contributed by atoms with Gasteiger partial charge in [0.15, 0.2) is 0 Å². The van der Waals surface area contributed by atoms with Gasteiger partial charge in [-0.1, -0.05) is 26.8 Å². The van der Waals surface area contributed by atoms with Crippen LogP contribution in [-0.2, 0) is 0 Å². The van der Waals surface area contributed by atoms with Crippen LogP contribution >= 0.6 is 0 Å². The number of allylic oxidation sites excluding steroid dienone is 1. The average molecular weight is 222 g/mol. The summed E-state index contributed by atoms with van der Waals surface area (Å²) < 4.78 is 0. The molecule has 0 aliphatic rings. The molecule has 0 saturated carbocycles. The molecule has 0 aromatic carbocycles. The summed E-state index contributed by atoms with van der Waals surface area (Å²) in [4.78, 5) is 0. The molecule has 4 N–H and O–H groups in total. The third kappa shape index (κ3) is 31.7. The second kappa shape index (κ2) is 16.0. The van der Waals surface area contributed by atoms with E-state index in [-0.39, 0.29) is 31.8 Å². The monoisotopic (exact) mass is 222 g/mol. The van der Waals surface area contributed by atoms with E-state index in [0.29, 0.717) is 0 Å². The average Bonchev–Trinajstić information content (AvgIpc) is 2.29. The van der Waals surface area contributed by atoms with E-state index >= 15 is 0 Å². The summed E-state index contributed by atoms with van der Waals surface area (Å²) in [5.41, 5.74) is -0.306. The molecule has 0 heterocycles. The molecule has 0 atom stereocenters. The molecule has 0 radical (unpaired) electrons. The van der Waals surface area contributed by atoms with Gasteiger partial charge in [0.2, 0.25) is 0 Å². The van der Waals surface area contributed by atoms with Gasteiger partial charge in [-0.3, -0.25) is 0 Å². The van der Waals surface area contributed by atoms with Gasteiger partial charge in [-0.2, -0.15) is 0 Å². The van der Waals surface area contributed by atoms with Gasteiger partial charge < -0.3 is 20.4 Å². The van der Waals surface area contributed by atoms with Crippen LogP contribution < -0.4 is 0 Å². The summed E-state index contributed by atoms with van der Waals surface area (Å²) in [5, 5.41) is 32.1. The number of aliphatic hydroxyl groups excluding tert-OH is 4. The molecule has 15 heavy (non-hydrogen) atoms. The van der Waals surface area contributed by atoms with Crippen LogP contribution in [0.5, 0.6) is 0 Å². The minimum atomic E-state index is -0.306. The maximum absolute atomic E-state index is 8.43. The molecule has 94 valence electrons. The SMILES string of the molecule is C=CCC.CC(C)(CO)CO.OCCO. The first-order valence-corrected chi connectivity index (χ1v) is 5.00. The van der Waals surface area contributed by atoms with Crippen LogP contribution in [0, 0.1) is 5.41 Å². The Morgan fingerprint density at radius 3 is 1.27 bits per heavy atom. The quantitative estimate of drug-likeness (QED) is 0.524. The lowest BCUT2D eigenvalue weighted by Crippen LogP contribution is -2.20.